The van der Waals surface area contributed by atoms with Crippen LogP contribution in [-0.4, -0.2) is 55.2 Å². The number of methoxy groups -OCH3 is 1. The lowest BCUT2D eigenvalue weighted by Gasteiger charge is -2.41. The topological polar surface area (TPSA) is 69.5 Å². The van der Waals surface area contributed by atoms with E-state index in [2.05, 4.69) is 24.8 Å². The van der Waals surface area contributed by atoms with Gasteiger partial charge >= 0.3 is 0 Å². The molecule has 1 atom stereocenters. The number of rotatable bonds is 6. The van der Waals surface area contributed by atoms with Gasteiger partial charge in [0, 0.05) is 43.4 Å². The summed E-state index contributed by atoms with van der Waals surface area (Å²) >= 11 is 6.05. The Kier molecular flexibility index (Phi) is 7.53. The van der Waals surface area contributed by atoms with Gasteiger partial charge in [-0.05, 0) is 36.6 Å². The molecule has 6 nitrogen and oxygen atoms in total. The SMILES string of the molecule is COCCC(=O)N1CCN(c2nc(C(C)C)c(-c3ccc(Cl)cc3)cc2C#N)C[C@H]1C. The lowest BCUT2D eigenvalue weighted by Crippen LogP contribution is -2.54. The fraction of sp³-hybridized carbons (Fsp3) is 0.458. The van der Waals surface area contributed by atoms with Gasteiger partial charge in [-0.1, -0.05) is 37.6 Å². The van der Waals surface area contributed by atoms with E-state index in [-0.39, 0.29) is 17.9 Å². The number of ether oxygens (including phenoxy) is 1. The number of halogens is 1. The van der Waals surface area contributed by atoms with E-state index in [0.29, 0.717) is 49.1 Å². The standard InChI is InChI=1S/C24H29ClN4O2/c1-16(2)23-21(18-5-7-20(25)8-6-18)13-19(14-26)24(27-23)28-10-11-29(17(3)15-28)22(30)9-12-31-4/h5-8,13,16-17H,9-12,15H2,1-4H3/t17-/m1/s1. The van der Waals surface area contributed by atoms with Crippen molar-refractivity contribution in [2.75, 3.05) is 38.3 Å². The minimum Gasteiger partial charge on any atom is -0.384 e. The molecule has 1 aliphatic heterocycles. The van der Waals surface area contributed by atoms with Crippen molar-refractivity contribution in [2.45, 2.75) is 39.2 Å². The molecule has 0 bridgehead atoms. The van der Waals surface area contributed by atoms with E-state index >= 15 is 0 Å². The van der Waals surface area contributed by atoms with E-state index in [1.807, 2.05) is 42.2 Å². The van der Waals surface area contributed by atoms with Crippen molar-refractivity contribution in [3.63, 3.8) is 0 Å². The van der Waals surface area contributed by atoms with E-state index < -0.39 is 0 Å². The van der Waals surface area contributed by atoms with Crippen molar-refractivity contribution in [3.05, 3.63) is 46.6 Å². The fourth-order valence-electron chi connectivity index (χ4n) is 3.99. The second-order valence-corrected chi connectivity index (χ2v) is 8.63. The Morgan fingerprint density at radius 1 is 1.32 bits per heavy atom. The highest BCUT2D eigenvalue weighted by Crippen LogP contribution is 2.34. The zero-order valence-corrected chi connectivity index (χ0v) is 19.3. The van der Waals surface area contributed by atoms with Gasteiger partial charge < -0.3 is 14.5 Å². The Labute approximate surface area is 189 Å². The average Bonchev–Trinajstić information content (AvgIpc) is 2.76. The van der Waals surface area contributed by atoms with Crippen molar-refractivity contribution in [1.82, 2.24) is 9.88 Å². The molecule has 31 heavy (non-hydrogen) atoms. The molecule has 2 aromatic rings. The maximum absolute atomic E-state index is 12.5. The third-order valence-electron chi connectivity index (χ3n) is 5.62. The summed E-state index contributed by atoms with van der Waals surface area (Å²) in [6.45, 7) is 8.55. The molecule has 1 aromatic carbocycles. The summed E-state index contributed by atoms with van der Waals surface area (Å²) in [5, 5.41) is 10.6. The van der Waals surface area contributed by atoms with Gasteiger partial charge in [0.1, 0.15) is 11.9 Å². The highest BCUT2D eigenvalue weighted by Gasteiger charge is 2.29. The monoisotopic (exact) mass is 440 g/mol. The van der Waals surface area contributed by atoms with Crippen LogP contribution in [-0.2, 0) is 9.53 Å². The molecule has 0 N–H and O–H groups in total. The Hall–Kier alpha value is -2.62. The van der Waals surface area contributed by atoms with Crippen molar-refractivity contribution in [2.24, 2.45) is 0 Å². The number of carbonyl (C=O) groups is 1. The van der Waals surface area contributed by atoms with Crippen molar-refractivity contribution < 1.29 is 9.53 Å². The number of piperazine rings is 1. The summed E-state index contributed by atoms with van der Waals surface area (Å²) in [5.74, 6) is 0.981. The lowest BCUT2D eigenvalue weighted by atomic mass is 9.95. The average molecular weight is 441 g/mol. The maximum atomic E-state index is 12.5. The molecular weight excluding hydrogens is 412 g/mol. The van der Waals surface area contributed by atoms with Crippen molar-refractivity contribution in [3.8, 4) is 17.2 Å². The van der Waals surface area contributed by atoms with Gasteiger partial charge in [-0.25, -0.2) is 4.98 Å². The number of benzene rings is 1. The van der Waals surface area contributed by atoms with Crippen LogP contribution in [0.4, 0.5) is 5.82 Å². The van der Waals surface area contributed by atoms with E-state index in [0.717, 1.165) is 16.8 Å². The summed E-state index contributed by atoms with van der Waals surface area (Å²) in [6, 6.07) is 11.9. The van der Waals surface area contributed by atoms with Crippen LogP contribution >= 0.6 is 11.6 Å². The predicted octanol–water partition coefficient (Wildman–Crippen LogP) is 4.47. The number of carbonyl (C=O) groups excluding carboxylic acids is 1. The molecule has 0 radical (unpaired) electrons. The molecule has 1 fully saturated rings. The highest BCUT2D eigenvalue weighted by atomic mass is 35.5. The summed E-state index contributed by atoms with van der Waals surface area (Å²) < 4.78 is 5.04. The third kappa shape index (κ3) is 5.17. The third-order valence-corrected chi connectivity index (χ3v) is 5.87. The Bertz CT molecular complexity index is 969. The molecular formula is C24H29ClN4O2. The number of hydrogen-bond donors (Lipinski definition) is 0. The Morgan fingerprint density at radius 2 is 2.03 bits per heavy atom. The van der Waals surface area contributed by atoms with Gasteiger partial charge in [0.2, 0.25) is 5.91 Å². The zero-order chi connectivity index (χ0) is 22.5. The molecule has 1 amide bonds. The summed E-state index contributed by atoms with van der Waals surface area (Å²) in [6.07, 6.45) is 0.385. The molecule has 0 saturated carbocycles. The van der Waals surface area contributed by atoms with Gasteiger partial charge in [-0.2, -0.15) is 5.26 Å². The molecule has 1 saturated heterocycles. The summed E-state index contributed by atoms with van der Waals surface area (Å²) in [4.78, 5) is 21.4. The van der Waals surface area contributed by atoms with Crippen molar-refractivity contribution >= 4 is 23.3 Å². The van der Waals surface area contributed by atoms with E-state index in [1.165, 1.54) is 0 Å². The van der Waals surface area contributed by atoms with Crippen LogP contribution in [0.3, 0.4) is 0 Å². The molecule has 1 aliphatic rings. The van der Waals surface area contributed by atoms with Crippen LogP contribution in [0.2, 0.25) is 5.02 Å². The number of nitriles is 1. The molecule has 0 unspecified atom stereocenters. The Balaban J connectivity index is 1.92. The van der Waals surface area contributed by atoms with Crippen LogP contribution in [0.25, 0.3) is 11.1 Å². The van der Waals surface area contributed by atoms with E-state index in [1.54, 1.807) is 7.11 Å². The van der Waals surface area contributed by atoms with Crippen LogP contribution < -0.4 is 4.90 Å². The van der Waals surface area contributed by atoms with Crippen LogP contribution in [0.1, 0.15) is 44.4 Å². The molecule has 164 valence electrons. The van der Waals surface area contributed by atoms with Crippen molar-refractivity contribution in [1.29, 1.82) is 5.26 Å². The van der Waals surface area contributed by atoms with Gasteiger partial charge in [0.05, 0.1) is 24.3 Å². The number of aromatic nitrogens is 1. The normalized spacial score (nSPS) is 16.5. The molecule has 0 aliphatic carbocycles. The maximum Gasteiger partial charge on any atom is 0.225 e. The number of anilines is 1. The minimum atomic E-state index is 0.0323. The molecule has 3 rings (SSSR count). The summed E-state index contributed by atoms with van der Waals surface area (Å²) in [7, 11) is 1.60. The van der Waals surface area contributed by atoms with Gasteiger partial charge in [-0.3, -0.25) is 4.79 Å². The lowest BCUT2D eigenvalue weighted by molar-refractivity contribution is -0.134. The highest BCUT2D eigenvalue weighted by molar-refractivity contribution is 6.30. The number of nitrogens with zero attached hydrogens (tertiary/aromatic N) is 4. The van der Waals surface area contributed by atoms with Gasteiger partial charge in [0.25, 0.3) is 0 Å². The largest absolute Gasteiger partial charge is 0.384 e. The zero-order valence-electron chi connectivity index (χ0n) is 18.6. The molecule has 2 heterocycles. The first kappa shape index (κ1) is 23.1. The predicted molar refractivity (Wildman–Crippen MR) is 123 cm³/mol. The number of amides is 1. The smallest absolute Gasteiger partial charge is 0.225 e. The molecule has 1 aromatic heterocycles. The first-order valence-electron chi connectivity index (χ1n) is 10.6. The van der Waals surface area contributed by atoms with Gasteiger partial charge in [-0.15, -0.1) is 0 Å². The van der Waals surface area contributed by atoms with Crippen LogP contribution in [0.15, 0.2) is 30.3 Å². The van der Waals surface area contributed by atoms with E-state index in [9.17, 15) is 10.1 Å². The minimum absolute atomic E-state index is 0.0323. The van der Waals surface area contributed by atoms with Crippen LogP contribution in [0.5, 0.6) is 0 Å². The van der Waals surface area contributed by atoms with E-state index in [4.69, 9.17) is 21.3 Å². The molecule has 7 heteroatoms. The number of hydrogen-bond acceptors (Lipinski definition) is 5. The quantitative estimate of drug-likeness (QED) is 0.662. The second-order valence-electron chi connectivity index (χ2n) is 8.19. The van der Waals surface area contributed by atoms with Gasteiger partial charge in [0.15, 0.2) is 0 Å². The fourth-order valence-corrected chi connectivity index (χ4v) is 4.12. The molecule has 0 spiro atoms. The Morgan fingerprint density at radius 3 is 2.61 bits per heavy atom. The number of pyridine rings is 1. The van der Waals surface area contributed by atoms with Crippen LogP contribution in [0, 0.1) is 11.3 Å². The second kappa shape index (κ2) is 10.1. The first-order valence-corrected chi connectivity index (χ1v) is 11.0. The summed E-state index contributed by atoms with van der Waals surface area (Å²) in [5.41, 5.74) is 3.43. The first-order chi connectivity index (χ1) is 14.8.